The molecule has 4 nitrogen and oxygen atoms in total. The number of aromatic hydroxyl groups is 1. The SMILES string of the molecule is COc1ccc(N(C)Cc2ccc(OC)cc2O)cc1. The third-order valence-corrected chi connectivity index (χ3v) is 3.21. The Bertz CT molecular complexity index is 566. The summed E-state index contributed by atoms with van der Waals surface area (Å²) in [7, 11) is 5.21. The zero-order valence-electron chi connectivity index (χ0n) is 12.0. The molecule has 1 N–H and O–H groups in total. The maximum absolute atomic E-state index is 9.97. The Morgan fingerprint density at radius 2 is 1.55 bits per heavy atom. The lowest BCUT2D eigenvalue weighted by molar-refractivity contribution is 0.406. The van der Waals surface area contributed by atoms with Crippen molar-refractivity contribution in [2.75, 3.05) is 26.2 Å². The largest absolute Gasteiger partial charge is 0.507 e. The van der Waals surface area contributed by atoms with Crippen LogP contribution in [0.2, 0.25) is 0 Å². The molecule has 0 aliphatic heterocycles. The minimum Gasteiger partial charge on any atom is -0.507 e. The molecule has 4 heteroatoms. The molecule has 0 bridgehead atoms. The summed E-state index contributed by atoms with van der Waals surface area (Å²) in [6, 6.07) is 13.1. The van der Waals surface area contributed by atoms with Gasteiger partial charge in [-0.25, -0.2) is 0 Å². The monoisotopic (exact) mass is 273 g/mol. The highest BCUT2D eigenvalue weighted by molar-refractivity contribution is 5.50. The van der Waals surface area contributed by atoms with E-state index in [2.05, 4.69) is 4.90 Å². The summed E-state index contributed by atoms with van der Waals surface area (Å²) >= 11 is 0. The average molecular weight is 273 g/mol. The number of methoxy groups -OCH3 is 2. The van der Waals surface area contributed by atoms with E-state index in [1.54, 1.807) is 20.3 Å². The molecule has 0 saturated heterocycles. The second-order valence-electron chi connectivity index (χ2n) is 4.55. The molecule has 2 rings (SSSR count). The molecule has 0 spiro atoms. The summed E-state index contributed by atoms with van der Waals surface area (Å²) in [6.45, 7) is 0.613. The number of hydrogen-bond acceptors (Lipinski definition) is 4. The predicted octanol–water partition coefficient (Wildman–Crippen LogP) is 3.05. The molecule has 0 atom stereocenters. The van der Waals surface area contributed by atoms with E-state index >= 15 is 0 Å². The van der Waals surface area contributed by atoms with Crippen molar-refractivity contribution >= 4 is 5.69 Å². The van der Waals surface area contributed by atoms with Gasteiger partial charge in [-0.1, -0.05) is 0 Å². The molecule has 0 heterocycles. The highest BCUT2D eigenvalue weighted by Crippen LogP contribution is 2.26. The van der Waals surface area contributed by atoms with Gasteiger partial charge < -0.3 is 19.5 Å². The Kier molecular flexibility index (Phi) is 4.35. The molecular formula is C16H19NO3. The van der Waals surface area contributed by atoms with Crippen LogP contribution in [0.25, 0.3) is 0 Å². The zero-order valence-corrected chi connectivity index (χ0v) is 12.0. The molecule has 0 amide bonds. The fraction of sp³-hybridized carbons (Fsp3) is 0.250. The lowest BCUT2D eigenvalue weighted by Gasteiger charge is -2.20. The topological polar surface area (TPSA) is 41.9 Å². The maximum Gasteiger partial charge on any atom is 0.124 e. The number of rotatable bonds is 5. The first-order chi connectivity index (χ1) is 9.63. The molecule has 0 unspecified atom stereocenters. The number of benzene rings is 2. The van der Waals surface area contributed by atoms with E-state index < -0.39 is 0 Å². The van der Waals surface area contributed by atoms with Crippen LogP contribution in [-0.2, 0) is 6.54 Å². The molecule has 2 aromatic rings. The predicted molar refractivity (Wildman–Crippen MR) is 79.8 cm³/mol. The summed E-state index contributed by atoms with van der Waals surface area (Å²) in [5.41, 5.74) is 1.91. The van der Waals surface area contributed by atoms with Gasteiger partial charge in [-0.15, -0.1) is 0 Å². The number of anilines is 1. The van der Waals surface area contributed by atoms with Gasteiger partial charge in [-0.2, -0.15) is 0 Å². The summed E-state index contributed by atoms with van der Waals surface area (Å²) in [6.07, 6.45) is 0. The first-order valence-electron chi connectivity index (χ1n) is 6.35. The summed E-state index contributed by atoms with van der Waals surface area (Å²) in [4.78, 5) is 2.06. The molecule has 2 aromatic carbocycles. The van der Waals surface area contributed by atoms with Crippen LogP contribution in [-0.4, -0.2) is 26.4 Å². The van der Waals surface area contributed by atoms with Crippen molar-refractivity contribution in [3.8, 4) is 17.2 Å². The van der Waals surface area contributed by atoms with Crippen LogP contribution >= 0.6 is 0 Å². The summed E-state index contributed by atoms with van der Waals surface area (Å²) in [5.74, 6) is 1.72. The van der Waals surface area contributed by atoms with Gasteiger partial charge in [-0.3, -0.25) is 0 Å². The molecule has 0 aliphatic rings. The van der Waals surface area contributed by atoms with Gasteiger partial charge in [0, 0.05) is 30.9 Å². The van der Waals surface area contributed by atoms with E-state index in [0.717, 1.165) is 17.0 Å². The highest BCUT2D eigenvalue weighted by atomic mass is 16.5. The van der Waals surface area contributed by atoms with E-state index in [4.69, 9.17) is 9.47 Å². The number of ether oxygens (including phenoxy) is 2. The van der Waals surface area contributed by atoms with Crippen molar-refractivity contribution in [1.82, 2.24) is 0 Å². The molecule has 0 fully saturated rings. The number of phenols is 1. The van der Waals surface area contributed by atoms with Crippen LogP contribution in [0.15, 0.2) is 42.5 Å². The van der Waals surface area contributed by atoms with Gasteiger partial charge in [-0.05, 0) is 36.4 Å². The van der Waals surface area contributed by atoms with E-state index in [9.17, 15) is 5.11 Å². The third kappa shape index (κ3) is 3.15. The normalized spacial score (nSPS) is 10.2. The van der Waals surface area contributed by atoms with Crippen LogP contribution in [0.3, 0.4) is 0 Å². The van der Waals surface area contributed by atoms with Gasteiger partial charge in [0.15, 0.2) is 0 Å². The van der Waals surface area contributed by atoms with E-state index in [-0.39, 0.29) is 5.75 Å². The molecule has 20 heavy (non-hydrogen) atoms. The molecule has 0 radical (unpaired) electrons. The Morgan fingerprint density at radius 3 is 2.10 bits per heavy atom. The first kappa shape index (κ1) is 14.1. The Hall–Kier alpha value is -2.36. The van der Waals surface area contributed by atoms with Crippen LogP contribution < -0.4 is 14.4 Å². The van der Waals surface area contributed by atoms with Gasteiger partial charge in [0.2, 0.25) is 0 Å². The molecular weight excluding hydrogens is 254 g/mol. The van der Waals surface area contributed by atoms with Crippen molar-refractivity contribution in [3.63, 3.8) is 0 Å². The first-order valence-corrected chi connectivity index (χ1v) is 6.35. The fourth-order valence-electron chi connectivity index (χ4n) is 1.99. The van der Waals surface area contributed by atoms with Gasteiger partial charge in [0.05, 0.1) is 14.2 Å². The summed E-state index contributed by atoms with van der Waals surface area (Å²) < 4.78 is 10.2. The van der Waals surface area contributed by atoms with Gasteiger partial charge >= 0.3 is 0 Å². The second kappa shape index (κ2) is 6.19. The lowest BCUT2D eigenvalue weighted by atomic mass is 10.1. The van der Waals surface area contributed by atoms with Crippen molar-refractivity contribution in [3.05, 3.63) is 48.0 Å². The van der Waals surface area contributed by atoms with E-state index in [1.807, 2.05) is 43.4 Å². The lowest BCUT2D eigenvalue weighted by Crippen LogP contribution is -2.16. The van der Waals surface area contributed by atoms with E-state index in [1.165, 1.54) is 0 Å². The van der Waals surface area contributed by atoms with Crippen LogP contribution in [0.4, 0.5) is 5.69 Å². The number of hydrogen-bond donors (Lipinski definition) is 1. The minimum atomic E-state index is 0.240. The van der Waals surface area contributed by atoms with E-state index in [0.29, 0.717) is 12.3 Å². The second-order valence-corrected chi connectivity index (χ2v) is 4.55. The third-order valence-electron chi connectivity index (χ3n) is 3.21. The zero-order chi connectivity index (χ0) is 14.5. The van der Waals surface area contributed by atoms with Crippen molar-refractivity contribution in [2.45, 2.75) is 6.54 Å². The fourth-order valence-corrected chi connectivity index (χ4v) is 1.99. The standard InChI is InChI=1S/C16H19NO3/c1-17(13-5-8-14(19-2)9-6-13)11-12-4-7-15(20-3)10-16(12)18/h4-10,18H,11H2,1-3H3. The molecule has 0 aliphatic carbocycles. The van der Waals surface area contributed by atoms with Crippen molar-refractivity contribution < 1.29 is 14.6 Å². The summed E-state index contributed by atoms with van der Waals surface area (Å²) in [5, 5.41) is 9.97. The minimum absolute atomic E-state index is 0.240. The van der Waals surface area contributed by atoms with Crippen LogP contribution in [0.1, 0.15) is 5.56 Å². The molecule has 106 valence electrons. The van der Waals surface area contributed by atoms with Crippen LogP contribution in [0.5, 0.6) is 17.2 Å². The smallest absolute Gasteiger partial charge is 0.124 e. The van der Waals surface area contributed by atoms with Gasteiger partial charge in [0.25, 0.3) is 0 Å². The quantitative estimate of drug-likeness (QED) is 0.909. The van der Waals surface area contributed by atoms with Crippen molar-refractivity contribution in [1.29, 1.82) is 0 Å². The maximum atomic E-state index is 9.97. The number of nitrogens with zero attached hydrogens (tertiary/aromatic N) is 1. The van der Waals surface area contributed by atoms with Gasteiger partial charge in [0.1, 0.15) is 17.2 Å². The van der Waals surface area contributed by atoms with Crippen molar-refractivity contribution in [2.24, 2.45) is 0 Å². The number of phenolic OH excluding ortho intramolecular Hbond substituents is 1. The Labute approximate surface area is 119 Å². The Morgan fingerprint density at radius 1 is 0.950 bits per heavy atom. The highest BCUT2D eigenvalue weighted by Gasteiger charge is 2.07. The Balaban J connectivity index is 2.12. The van der Waals surface area contributed by atoms with Crippen LogP contribution in [0, 0.1) is 0 Å². The average Bonchev–Trinajstić information content (AvgIpc) is 2.49. The molecule has 0 saturated carbocycles. The molecule has 0 aromatic heterocycles.